The number of rotatable bonds is 7. The minimum absolute atomic E-state index is 0.0941. The normalized spacial score (nSPS) is 11.1. The van der Waals surface area contributed by atoms with E-state index < -0.39 is 10.0 Å². The summed E-state index contributed by atoms with van der Waals surface area (Å²) in [5.74, 6) is 0. The van der Waals surface area contributed by atoms with E-state index in [1.165, 1.54) is 24.3 Å². The van der Waals surface area contributed by atoms with Crippen LogP contribution >= 0.6 is 23.8 Å². The van der Waals surface area contributed by atoms with Gasteiger partial charge in [-0.15, -0.1) is 4.83 Å². The summed E-state index contributed by atoms with van der Waals surface area (Å²) in [6.07, 6.45) is 0.766. The number of halogens is 1. The van der Waals surface area contributed by atoms with Crippen molar-refractivity contribution >= 4 is 39.0 Å². The largest absolute Gasteiger partial charge is 0.385 e. The van der Waals surface area contributed by atoms with Crippen molar-refractivity contribution in [3.63, 3.8) is 0 Å². The lowest BCUT2D eigenvalue weighted by Crippen LogP contribution is -2.46. The summed E-state index contributed by atoms with van der Waals surface area (Å²) >= 11 is 10.6. The smallest absolute Gasteiger partial charge is 0.257 e. The first-order valence-electron chi connectivity index (χ1n) is 5.76. The number of thiocarbonyl (C=S) groups is 1. The standard InChI is InChI=1S/C11H16ClN3O3S2/c1-18-8-2-7-13-11(19)14-15-20(16,17)10-5-3-9(12)4-6-10/h3-6,15H,2,7-8H2,1H3,(H2,13,14,19). The third kappa shape index (κ3) is 6.02. The van der Waals surface area contributed by atoms with Gasteiger partial charge >= 0.3 is 0 Å². The number of nitrogens with one attached hydrogen (secondary N) is 3. The average Bonchev–Trinajstić information content (AvgIpc) is 2.42. The highest BCUT2D eigenvalue weighted by atomic mass is 35.5. The van der Waals surface area contributed by atoms with Crippen LogP contribution in [0.15, 0.2) is 29.2 Å². The Balaban J connectivity index is 2.43. The van der Waals surface area contributed by atoms with Crippen LogP contribution < -0.4 is 15.6 Å². The molecule has 9 heteroatoms. The van der Waals surface area contributed by atoms with E-state index in [2.05, 4.69) is 15.6 Å². The minimum Gasteiger partial charge on any atom is -0.385 e. The first-order valence-corrected chi connectivity index (χ1v) is 8.03. The number of sulfonamides is 1. The lowest BCUT2D eigenvalue weighted by Gasteiger charge is -2.11. The number of hydrogen-bond acceptors (Lipinski definition) is 4. The third-order valence-electron chi connectivity index (χ3n) is 2.23. The molecule has 0 spiro atoms. The molecule has 0 saturated heterocycles. The Morgan fingerprint density at radius 2 is 2.00 bits per heavy atom. The summed E-state index contributed by atoms with van der Waals surface area (Å²) < 4.78 is 28.7. The molecule has 0 bridgehead atoms. The molecule has 0 aliphatic rings. The van der Waals surface area contributed by atoms with Crippen LogP contribution in [0.2, 0.25) is 5.02 Å². The van der Waals surface area contributed by atoms with Crippen molar-refractivity contribution in [1.29, 1.82) is 0 Å². The van der Waals surface area contributed by atoms with E-state index in [0.717, 1.165) is 6.42 Å². The van der Waals surface area contributed by atoms with Gasteiger partial charge in [0.15, 0.2) is 5.11 Å². The zero-order valence-electron chi connectivity index (χ0n) is 10.8. The maximum atomic E-state index is 11.9. The molecule has 0 unspecified atom stereocenters. The Morgan fingerprint density at radius 1 is 1.35 bits per heavy atom. The van der Waals surface area contributed by atoms with Crippen LogP contribution in [0.25, 0.3) is 0 Å². The summed E-state index contributed by atoms with van der Waals surface area (Å²) in [4.78, 5) is 2.27. The van der Waals surface area contributed by atoms with Crippen molar-refractivity contribution < 1.29 is 13.2 Å². The molecule has 0 aliphatic carbocycles. The molecular weight excluding hydrogens is 322 g/mol. The lowest BCUT2D eigenvalue weighted by atomic mass is 10.4. The molecule has 0 fully saturated rings. The second-order valence-corrected chi connectivity index (χ2v) is 6.31. The van der Waals surface area contributed by atoms with Crippen LogP contribution in [-0.2, 0) is 14.8 Å². The molecule has 0 amide bonds. The van der Waals surface area contributed by atoms with Gasteiger partial charge in [0.2, 0.25) is 0 Å². The van der Waals surface area contributed by atoms with Gasteiger partial charge < -0.3 is 10.1 Å². The van der Waals surface area contributed by atoms with Gasteiger partial charge in [-0.2, -0.15) is 0 Å². The van der Waals surface area contributed by atoms with Crippen LogP contribution in [0.1, 0.15) is 6.42 Å². The first-order chi connectivity index (χ1) is 9.45. The molecule has 1 aromatic rings. The minimum atomic E-state index is -3.68. The molecule has 0 saturated carbocycles. The molecular formula is C11H16ClN3O3S2. The van der Waals surface area contributed by atoms with E-state index in [1.807, 2.05) is 0 Å². The zero-order valence-corrected chi connectivity index (χ0v) is 13.2. The predicted octanol–water partition coefficient (Wildman–Crippen LogP) is 1.03. The maximum Gasteiger partial charge on any atom is 0.257 e. The number of hydrazine groups is 1. The summed E-state index contributed by atoms with van der Waals surface area (Å²) in [5, 5.41) is 3.50. The van der Waals surface area contributed by atoms with Crippen molar-refractivity contribution in [2.24, 2.45) is 0 Å². The molecule has 20 heavy (non-hydrogen) atoms. The Kier molecular flexibility index (Phi) is 7.17. The van der Waals surface area contributed by atoms with Crippen molar-refractivity contribution in [3.8, 4) is 0 Å². The van der Waals surface area contributed by atoms with Crippen molar-refractivity contribution in [2.75, 3.05) is 20.3 Å². The fourth-order valence-corrected chi connectivity index (χ4v) is 2.44. The molecule has 1 rings (SSSR count). The molecule has 0 radical (unpaired) electrons. The number of methoxy groups -OCH3 is 1. The lowest BCUT2D eigenvalue weighted by molar-refractivity contribution is 0.195. The van der Waals surface area contributed by atoms with E-state index in [4.69, 9.17) is 28.6 Å². The molecule has 0 atom stereocenters. The third-order valence-corrected chi connectivity index (χ3v) is 4.00. The topological polar surface area (TPSA) is 79.5 Å². The van der Waals surface area contributed by atoms with Gasteiger partial charge in [0, 0.05) is 25.3 Å². The molecule has 0 aromatic heterocycles. The number of hydrogen-bond donors (Lipinski definition) is 3. The zero-order chi connectivity index (χ0) is 15.0. The molecule has 0 heterocycles. The quantitative estimate of drug-likeness (QED) is 0.392. The van der Waals surface area contributed by atoms with Gasteiger partial charge in [-0.3, -0.25) is 5.43 Å². The van der Waals surface area contributed by atoms with E-state index in [0.29, 0.717) is 18.2 Å². The summed E-state index contributed by atoms with van der Waals surface area (Å²) in [5.41, 5.74) is 2.42. The number of ether oxygens (including phenoxy) is 1. The molecule has 0 aliphatic heterocycles. The van der Waals surface area contributed by atoms with Gasteiger partial charge in [0.25, 0.3) is 10.0 Å². The second kappa shape index (κ2) is 8.38. The summed E-state index contributed by atoms with van der Waals surface area (Å²) in [6, 6.07) is 5.80. The van der Waals surface area contributed by atoms with Gasteiger partial charge in [-0.1, -0.05) is 11.6 Å². The predicted molar refractivity (Wildman–Crippen MR) is 82.0 cm³/mol. The van der Waals surface area contributed by atoms with Crippen LogP contribution in [0.5, 0.6) is 0 Å². The van der Waals surface area contributed by atoms with Gasteiger partial charge in [0.05, 0.1) is 4.90 Å². The summed E-state index contributed by atoms with van der Waals surface area (Å²) in [7, 11) is -2.07. The van der Waals surface area contributed by atoms with Crippen LogP contribution in [0, 0.1) is 0 Å². The molecule has 3 N–H and O–H groups in total. The monoisotopic (exact) mass is 337 g/mol. The Morgan fingerprint density at radius 3 is 2.60 bits per heavy atom. The van der Waals surface area contributed by atoms with Gasteiger partial charge in [0.1, 0.15) is 0 Å². The molecule has 6 nitrogen and oxygen atoms in total. The maximum absolute atomic E-state index is 11.9. The van der Waals surface area contributed by atoms with Crippen molar-refractivity contribution in [3.05, 3.63) is 29.3 Å². The molecule has 1 aromatic carbocycles. The van der Waals surface area contributed by atoms with Crippen LogP contribution in [-0.4, -0.2) is 33.8 Å². The average molecular weight is 338 g/mol. The van der Waals surface area contributed by atoms with E-state index in [-0.39, 0.29) is 10.0 Å². The SMILES string of the molecule is COCCCNC(=S)NNS(=O)(=O)c1ccc(Cl)cc1. The fourth-order valence-electron chi connectivity index (χ4n) is 1.25. The fraction of sp³-hybridized carbons (Fsp3) is 0.364. The highest BCUT2D eigenvalue weighted by molar-refractivity contribution is 7.89. The van der Waals surface area contributed by atoms with Gasteiger partial charge in [-0.05, 0) is 42.9 Å². The van der Waals surface area contributed by atoms with E-state index >= 15 is 0 Å². The Labute approximate surface area is 128 Å². The van der Waals surface area contributed by atoms with Crippen LogP contribution in [0.3, 0.4) is 0 Å². The summed E-state index contributed by atoms with van der Waals surface area (Å²) in [6.45, 7) is 1.19. The van der Waals surface area contributed by atoms with Crippen LogP contribution in [0.4, 0.5) is 0 Å². The Hall–Kier alpha value is -0.930. The van der Waals surface area contributed by atoms with Crippen molar-refractivity contribution in [2.45, 2.75) is 11.3 Å². The number of benzene rings is 1. The van der Waals surface area contributed by atoms with Gasteiger partial charge in [-0.25, -0.2) is 8.42 Å². The Bertz CT molecular complexity index is 534. The van der Waals surface area contributed by atoms with E-state index in [9.17, 15) is 8.42 Å². The van der Waals surface area contributed by atoms with E-state index in [1.54, 1.807) is 7.11 Å². The highest BCUT2D eigenvalue weighted by Gasteiger charge is 2.13. The first kappa shape index (κ1) is 17.1. The van der Waals surface area contributed by atoms with Crippen molar-refractivity contribution in [1.82, 2.24) is 15.6 Å². The second-order valence-electron chi connectivity index (χ2n) is 3.79. The highest BCUT2D eigenvalue weighted by Crippen LogP contribution is 2.13. The molecule has 112 valence electrons.